The van der Waals surface area contributed by atoms with Gasteiger partial charge in [-0.05, 0) is 29.3 Å². The minimum absolute atomic E-state index is 0.735. The van der Waals surface area contributed by atoms with Gasteiger partial charge in [-0.15, -0.1) is 0 Å². The van der Waals surface area contributed by atoms with Gasteiger partial charge in [0.25, 0.3) is 0 Å². The van der Waals surface area contributed by atoms with Crippen molar-refractivity contribution in [3.63, 3.8) is 0 Å². The molecule has 3 aromatic rings. The van der Waals surface area contributed by atoms with Gasteiger partial charge in [-0.1, -0.05) is 42.5 Å². The first-order chi connectivity index (χ1) is 8.75. The topological polar surface area (TPSA) is 38.9 Å². The summed E-state index contributed by atoms with van der Waals surface area (Å²) in [5.74, 6) is 0. The Morgan fingerprint density at radius 2 is 1.78 bits per heavy atom. The van der Waals surface area contributed by atoms with Crippen molar-refractivity contribution in [2.75, 3.05) is 5.73 Å². The molecule has 0 saturated carbocycles. The Kier molecular flexibility index (Phi) is 2.49. The van der Waals surface area contributed by atoms with Crippen molar-refractivity contribution in [2.45, 2.75) is 6.92 Å². The predicted octanol–water partition coefficient (Wildman–Crippen LogP) is 3.79. The van der Waals surface area contributed by atoms with Crippen LogP contribution in [-0.4, -0.2) is 4.98 Å². The number of pyridine rings is 1. The lowest BCUT2D eigenvalue weighted by molar-refractivity contribution is 1.30. The highest BCUT2D eigenvalue weighted by Gasteiger charge is 2.05. The Hall–Kier alpha value is -2.35. The van der Waals surface area contributed by atoms with Crippen molar-refractivity contribution in [1.82, 2.24) is 4.98 Å². The lowest BCUT2D eigenvalue weighted by Crippen LogP contribution is -1.93. The van der Waals surface area contributed by atoms with E-state index in [1.807, 2.05) is 19.1 Å². The molecule has 0 aliphatic rings. The van der Waals surface area contributed by atoms with Gasteiger partial charge in [-0.2, -0.15) is 0 Å². The Bertz CT molecular complexity index is 712. The zero-order chi connectivity index (χ0) is 12.5. The van der Waals surface area contributed by atoms with Crippen LogP contribution < -0.4 is 5.73 Å². The Labute approximate surface area is 106 Å². The number of hydrogen-bond acceptors (Lipinski definition) is 2. The molecule has 2 aromatic carbocycles. The van der Waals surface area contributed by atoms with Gasteiger partial charge in [0.15, 0.2) is 0 Å². The first-order valence-electron chi connectivity index (χ1n) is 5.96. The third-order valence-corrected chi connectivity index (χ3v) is 3.22. The number of hydrogen-bond donors (Lipinski definition) is 1. The van der Waals surface area contributed by atoms with Crippen molar-refractivity contribution in [1.29, 1.82) is 0 Å². The van der Waals surface area contributed by atoms with Crippen molar-refractivity contribution in [3.05, 3.63) is 60.3 Å². The summed E-state index contributed by atoms with van der Waals surface area (Å²) in [5, 5.41) is 2.45. The number of rotatable bonds is 1. The van der Waals surface area contributed by atoms with E-state index in [0.29, 0.717) is 0 Å². The molecule has 1 aromatic heterocycles. The number of nitrogen functional groups attached to an aromatic ring is 1. The Morgan fingerprint density at radius 1 is 1.00 bits per heavy atom. The van der Waals surface area contributed by atoms with E-state index >= 15 is 0 Å². The summed E-state index contributed by atoms with van der Waals surface area (Å²) in [5.41, 5.74) is 9.74. The molecule has 0 atom stereocenters. The summed E-state index contributed by atoms with van der Waals surface area (Å²) in [6.07, 6.45) is 1.73. The van der Waals surface area contributed by atoms with Gasteiger partial charge in [0.05, 0.1) is 17.6 Å². The van der Waals surface area contributed by atoms with Gasteiger partial charge in [0, 0.05) is 5.56 Å². The van der Waals surface area contributed by atoms with Crippen LogP contribution in [0.1, 0.15) is 5.56 Å². The van der Waals surface area contributed by atoms with Crippen LogP contribution in [0.25, 0.3) is 22.0 Å². The molecule has 88 valence electrons. The average Bonchev–Trinajstić information content (AvgIpc) is 2.41. The molecular weight excluding hydrogens is 220 g/mol. The normalized spacial score (nSPS) is 10.7. The summed E-state index contributed by atoms with van der Waals surface area (Å²) in [6.45, 7) is 2.01. The second kappa shape index (κ2) is 4.15. The number of nitrogens with zero attached hydrogens (tertiary/aromatic N) is 1. The van der Waals surface area contributed by atoms with Crippen molar-refractivity contribution < 1.29 is 0 Å². The first kappa shape index (κ1) is 10.8. The van der Waals surface area contributed by atoms with E-state index in [0.717, 1.165) is 22.5 Å². The van der Waals surface area contributed by atoms with Crippen LogP contribution >= 0.6 is 0 Å². The number of benzene rings is 2. The van der Waals surface area contributed by atoms with Gasteiger partial charge in [-0.25, -0.2) is 0 Å². The summed E-state index contributed by atoms with van der Waals surface area (Å²) in [7, 11) is 0. The maximum absolute atomic E-state index is 5.82. The maximum Gasteiger partial charge on any atom is 0.0712 e. The standard InChI is InChI=1S/C16H14N2/c1-11-9-16(18-10-15(11)17)14-8-4-6-12-5-2-3-7-13(12)14/h2-10H,17H2,1H3. The van der Waals surface area contributed by atoms with Crippen molar-refractivity contribution in [2.24, 2.45) is 0 Å². The smallest absolute Gasteiger partial charge is 0.0712 e. The minimum Gasteiger partial charge on any atom is -0.397 e. The van der Waals surface area contributed by atoms with E-state index in [2.05, 4.69) is 41.4 Å². The van der Waals surface area contributed by atoms with Gasteiger partial charge in [0.2, 0.25) is 0 Å². The average molecular weight is 234 g/mol. The molecule has 2 heteroatoms. The van der Waals surface area contributed by atoms with Gasteiger partial charge >= 0.3 is 0 Å². The fourth-order valence-electron chi connectivity index (χ4n) is 2.16. The highest BCUT2D eigenvalue weighted by atomic mass is 14.7. The molecule has 0 bridgehead atoms. The molecule has 2 nitrogen and oxygen atoms in total. The SMILES string of the molecule is Cc1cc(-c2cccc3ccccc23)ncc1N. The van der Waals surface area contributed by atoms with E-state index in [-0.39, 0.29) is 0 Å². The van der Waals surface area contributed by atoms with Gasteiger partial charge < -0.3 is 5.73 Å². The van der Waals surface area contributed by atoms with E-state index in [1.54, 1.807) is 6.20 Å². The zero-order valence-corrected chi connectivity index (χ0v) is 10.2. The van der Waals surface area contributed by atoms with E-state index in [1.165, 1.54) is 10.8 Å². The second-order valence-electron chi connectivity index (χ2n) is 4.45. The van der Waals surface area contributed by atoms with Crippen molar-refractivity contribution >= 4 is 16.5 Å². The lowest BCUT2D eigenvalue weighted by Gasteiger charge is -2.07. The zero-order valence-electron chi connectivity index (χ0n) is 10.2. The molecule has 0 aliphatic heterocycles. The largest absolute Gasteiger partial charge is 0.397 e. The van der Waals surface area contributed by atoms with Gasteiger partial charge in [-0.3, -0.25) is 4.98 Å². The molecule has 2 N–H and O–H groups in total. The number of aryl methyl sites for hydroxylation is 1. The predicted molar refractivity (Wildman–Crippen MR) is 76.3 cm³/mol. The van der Waals surface area contributed by atoms with Crippen LogP contribution in [0, 0.1) is 6.92 Å². The molecule has 0 radical (unpaired) electrons. The molecule has 0 spiro atoms. The molecule has 0 amide bonds. The summed E-state index contributed by atoms with van der Waals surface area (Å²) in [6, 6.07) is 16.6. The minimum atomic E-state index is 0.735. The van der Waals surface area contributed by atoms with Crippen LogP contribution in [0.15, 0.2) is 54.7 Å². The fraction of sp³-hybridized carbons (Fsp3) is 0.0625. The second-order valence-corrected chi connectivity index (χ2v) is 4.45. The van der Waals surface area contributed by atoms with Crippen molar-refractivity contribution in [3.8, 4) is 11.3 Å². The van der Waals surface area contributed by atoms with E-state index in [9.17, 15) is 0 Å². The van der Waals surface area contributed by atoms with E-state index in [4.69, 9.17) is 5.73 Å². The van der Waals surface area contributed by atoms with Crippen LogP contribution in [0.4, 0.5) is 5.69 Å². The summed E-state index contributed by atoms with van der Waals surface area (Å²) < 4.78 is 0. The van der Waals surface area contributed by atoms with E-state index < -0.39 is 0 Å². The van der Waals surface area contributed by atoms with Crippen LogP contribution in [0.2, 0.25) is 0 Å². The monoisotopic (exact) mass is 234 g/mol. The van der Waals surface area contributed by atoms with Crippen LogP contribution in [0.5, 0.6) is 0 Å². The summed E-state index contributed by atoms with van der Waals surface area (Å²) >= 11 is 0. The first-order valence-corrected chi connectivity index (χ1v) is 5.96. The molecule has 0 fully saturated rings. The third kappa shape index (κ3) is 1.72. The fourth-order valence-corrected chi connectivity index (χ4v) is 2.16. The molecular formula is C16H14N2. The molecule has 18 heavy (non-hydrogen) atoms. The van der Waals surface area contributed by atoms with Crippen LogP contribution in [0.3, 0.4) is 0 Å². The Balaban J connectivity index is 2.28. The number of fused-ring (bicyclic) bond motifs is 1. The molecule has 0 saturated heterocycles. The number of aromatic nitrogens is 1. The highest BCUT2D eigenvalue weighted by Crippen LogP contribution is 2.28. The summed E-state index contributed by atoms with van der Waals surface area (Å²) in [4.78, 5) is 4.43. The third-order valence-electron chi connectivity index (χ3n) is 3.22. The number of anilines is 1. The highest BCUT2D eigenvalue weighted by molar-refractivity contribution is 5.95. The molecule has 0 aliphatic carbocycles. The number of nitrogens with two attached hydrogens (primary N) is 1. The molecule has 0 unspecified atom stereocenters. The quantitative estimate of drug-likeness (QED) is 0.695. The maximum atomic E-state index is 5.82. The molecule has 1 heterocycles. The van der Waals surface area contributed by atoms with Gasteiger partial charge in [0.1, 0.15) is 0 Å². The molecule has 3 rings (SSSR count). The van der Waals surface area contributed by atoms with Crippen LogP contribution in [-0.2, 0) is 0 Å². The lowest BCUT2D eigenvalue weighted by atomic mass is 10.0. The Morgan fingerprint density at radius 3 is 2.61 bits per heavy atom.